The monoisotopic (exact) mass is 312 g/mol. The zero-order chi connectivity index (χ0) is 16.2. The Balaban J connectivity index is 1.88. The zero-order valence-electron chi connectivity index (χ0n) is 11.6. The molecule has 1 saturated carbocycles. The normalized spacial score (nSPS) is 14.9. The molecule has 0 saturated heterocycles. The predicted octanol–water partition coefficient (Wildman–Crippen LogP) is 2.77. The fraction of sp³-hybridized carbons (Fsp3) is 0.333. The summed E-state index contributed by atoms with van der Waals surface area (Å²) in [6, 6.07) is 5.89. The van der Waals surface area contributed by atoms with Gasteiger partial charge < -0.3 is 10.6 Å². The Bertz CT molecular complexity index is 593. The lowest BCUT2D eigenvalue weighted by Crippen LogP contribution is -2.30. The van der Waals surface area contributed by atoms with Crippen LogP contribution in [0.3, 0.4) is 0 Å². The van der Waals surface area contributed by atoms with Crippen LogP contribution in [0.15, 0.2) is 36.4 Å². The van der Waals surface area contributed by atoms with Crippen LogP contribution < -0.4 is 10.6 Å². The zero-order valence-corrected chi connectivity index (χ0v) is 11.6. The molecule has 0 bridgehead atoms. The van der Waals surface area contributed by atoms with Crippen LogP contribution in [0.5, 0.6) is 0 Å². The van der Waals surface area contributed by atoms with Gasteiger partial charge in [-0.05, 0) is 42.5 Å². The van der Waals surface area contributed by atoms with Gasteiger partial charge in [-0.3, -0.25) is 9.59 Å². The van der Waals surface area contributed by atoms with Crippen molar-refractivity contribution in [3.8, 4) is 0 Å². The first-order valence-corrected chi connectivity index (χ1v) is 6.78. The molecular weight excluding hydrogens is 297 g/mol. The van der Waals surface area contributed by atoms with Crippen LogP contribution in [0.2, 0.25) is 0 Å². The first-order valence-electron chi connectivity index (χ1n) is 6.78. The van der Waals surface area contributed by atoms with Crippen molar-refractivity contribution in [1.82, 2.24) is 5.32 Å². The van der Waals surface area contributed by atoms with E-state index < -0.39 is 12.1 Å². The smallest absolute Gasteiger partial charge is 0.348 e. The lowest BCUT2D eigenvalue weighted by atomic mass is 10.2. The third-order valence-electron chi connectivity index (χ3n) is 3.05. The summed E-state index contributed by atoms with van der Waals surface area (Å²) < 4.78 is 36.5. The molecule has 1 aromatic rings. The molecule has 0 radical (unpaired) electrons. The highest BCUT2D eigenvalue weighted by Gasteiger charge is 2.38. The molecule has 1 aromatic carbocycles. The number of carbonyl (C=O) groups excluding carboxylic acids is 2. The second kappa shape index (κ2) is 6.64. The minimum Gasteiger partial charge on any atom is -0.348 e. The lowest BCUT2D eigenvalue weighted by molar-refractivity contribution is -0.167. The van der Waals surface area contributed by atoms with Crippen molar-refractivity contribution in [1.29, 1.82) is 0 Å². The Kier molecular flexibility index (Phi) is 4.85. The Hall–Kier alpha value is -2.31. The molecule has 2 amide bonds. The van der Waals surface area contributed by atoms with Gasteiger partial charge in [0.2, 0.25) is 5.91 Å². The highest BCUT2D eigenvalue weighted by Crippen LogP contribution is 2.29. The van der Waals surface area contributed by atoms with Gasteiger partial charge in [0.15, 0.2) is 0 Å². The highest BCUT2D eigenvalue weighted by molar-refractivity contribution is 5.95. The van der Waals surface area contributed by atoms with Gasteiger partial charge in [-0.15, -0.1) is 0 Å². The van der Waals surface area contributed by atoms with Crippen LogP contribution in [-0.4, -0.2) is 18.0 Å². The van der Waals surface area contributed by atoms with Crippen LogP contribution in [0.4, 0.5) is 18.9 Å². The molecule has 0 aromatic heterocycles. The number of anilines is 1. The van der Waals surface area contributed by atoms with Crippen LogP contribution in [0.25, 0.3) is 0 Å². The van der Waals surface area contributed by atoms with E-state index in [1.807, 2.05) is 6.08 Å². The van der Waals surface area contributed by atoms with Crippen molar-refractivity contribution in [2.24, 2.45) is 5.92 Å². The fourth-order valence-corrected chi connectivity index (χ4v) is 1.72. The van der Waals surface area contributed by atoms with E-state index in [-0.39, 0.29) is 18.1 Å². The molecule has 0 heterocycles. The number of allylic oxidation sites excluding steroid dienone is 1. The number of benzene rings is 1. The fourth-order valence-electron chi connectivity index (χ4n) is 1.72. The molecule has 1 fully saturated rings. The average Bonchev–Trinajstić information content (AvgIpc) is 3.26. The van der Waals surface area contributed by atoms with Gasteiger partial charge in [-0.2, -0.15) is 13.2 Å². The number of nitrogens with one attached hydrogen (secondary N) is 2. The standard InChI is InChI=1S/C15H15F3N2O2/c16-15(17,18)14(22)20-12-3-1-2-11(8-12)9-19-13(21)7-6-10-4-5-10/h1-3,6-8,10H,4-5,9H2,(H,19,21)(H,20,22)/b7-6+. The van der Waals surface area contributed by atoms with E-state index in [1.54, 1.807) is 11.4 Å². The molecular formula is C15H15F3N2O2. The minimum atomic E-state index is -4.93. The molecule has 2 N–H and O–H groups in total. The molecule has 7 heteroatoms. The predicted molar refractivity (Wildman–Crippen MR) is 74.8 cm³/mol. The largest absolute Gasteiger partial charge is 0.471 e. The summed E-state index contributed by atoms with van der Waals surface area (Å²) in [5, 5.41) is 4.40. The van der Waals surface area contributed by atoms with E-state index in [4.69, 9.17) is 0 Å². The quantitative estimate of drug-likeness (QED) is 0.821. The minimum absolute atomic E-state index is 0.0302. The van der Waals surface area contributed by atoms with E-state index in [2.05, 4.69) is 5.32 Å². The summed E-state index contributed by atoms with van der Waals surface area (Å²) in [6.45, 7) is 0.170. The second-order valence-corrected chi connectivity index (χ2v) is 5.07. The molecule has 0 atom stereocenters. The Morgan fingerprint density at radius 2 is 2.00 bits per heavy atom. The Morgan fingerprint density at radius 1 is 1.27 bits per heavy atom. The third kappa shape index (κ3) is 5.23. The maximum absolute atomic E-state index is 12.2. The Labute approximate surface area is 125 Å². The van der Waals surface area contributed by atoms with Gasteiger partial charge in [-0.1, -0.05) is 18.2 Å². The number of carbonyl (C=O) groups is 2. The van der Waals surface area contributed by atoms with Crippen LogP contribution in [-0.2, 0) is 16.1 Å². The average molecular weight is 312 g/mol. The molecule has 0 unspecified atom stereocenters. The van der Waals surface area contributed by atoms with E-state index in [9.17, 15) is 22.8 Å². The molecule has 0 aliphatic heterocycles. The second-order valence-electron chi connectivity index (χ2n) is 5.07. The lowest BCUT2D eigenvalue weighted by Gasteiger charge is -2.09. The number of hydrogen-bond donors (Lipinski definition) is 2. The molecule has 2 rings (SSSR count). The van der Waals surface area contributed by atoms with Gasteiger partial charge in [0.05, 0.1) is 0 Å². The molecule has 0 spiro atoms. The van der Waals surface area contributed by atoms with Crippen molar-refractivity contribution in [3.63, 3.8) is 0 Å². The number of rotatable bonds is 5. The topological polar surface area (TPSA) is 58.2 Å². The maximum Gasteiger partial charge on any atom is 0.471 e. The van der Waals surface area contributed by atoms with Gasteiger partial charge >= 0.3 is 12.1 Å². The first-order chi connectivity index (χ1) is 10.3. The number of hydrogen-bond acceptors (Lipinski definition) is 2. The highest BCUT2D eigenvalue weighted by atomic mass is 19.4. The SMILES string of the molecule is O=C(/C=C/C1CC1)NCc1cccc(NC(=O)C(F)(F)F)c1. The van der Waals surface area contributed by atoms with E-state index in [1.165, 1.54) is 24.3 Å². The van der Waals surface area contributed by atoms with Crippen molar-refractivity contribution >= 4 is 17.5 Å². The van der Waals surface area contributed by atoms with Crippen molar-refractivity contribution < 1.29 is 22.8 Å². The molecule has 1 aliphatic rings. The number of halogens is 3. The van der Waals surface area contributed by atoms with Gasteiger partial charge in [-0.25, -0.2) is 0 Å². The summed E-state index contributed by atoms with van der Waals surface area (Å²) in [5.74, 6) is -1.79. The van der Waals surface area contributed by atoms with Gasteiger partial charge in [0.1, 0.15) is 0 Å². The van der Waals surface area contributed by atoms with Crippen molar-refractivity contribution in [2.45, 2.75) is 25.6 Å². The summed E-state index contributed by atoms with van der Waals surface area (Å²) in [4.78, 5) is 22.4. The van der Waals surface area contributed by atoms with E-state index in [0.717, 1.165) is 12.8 Å². The van der Waals surface area contributed by atoms with E-state index in [0.29, 0.717) is 11.5 Å². The van der Waals surface area contributed by atoms with Crippen LogP contribution in [0.1, 0.15) is 18.4 Å². The number of amides is 2. The number of alkyl halides is 3. The molecule has 22 heavy (non-hydrogen) atoms. The maximum atomic E-state index is 12.2. The molecule has 4 nitrogen and oxygen atoms in total. The van der Waals surface area contributed by atoms with Gasteiger partial charge in [0, 0.05) is 12.2 Å². The third-order valence-corrected chi connectivity index (χ3v) is 3.05. The van der Waals surface area contributed by atoms with Crippen molar-refractivity contribution in [2.75, 3.05) is 5.32 Å². The summed E-state index contributed by atoms with van der Waals surface area (Å²) >= 11 is 0. The molecule has 118 valence electrons. The molecule has 1 aliphatic carbocycles. The first kappa shape index (κ1) is 16.1. The van der Waals surface area contributed by atoms with Crippen molar-refractivity contribution in [3.05, 3.63) is 42.0 Å². The van der Waals surface area contributed by atoms with Gasteiger partial charge in [0.25, 0.3) is 0 Å². The van der Waals surface area contributed by atoms with Crippen LogP contribution in [0, 0.1) is 5.92 Å². The summed E-state index contributed by atoms with van der Waals surface area (Å²) in [5.41, 5.74) is 0.621. The summed E-state index contributed by atoms with van der Waals surface area (Å²) in [7, 11) is 0. The van der Waals surface area contributed by atoms with Crippen LogP contribution >= 0.6 is 0 Å². The van der Waals surface area contributed by atoms with E-state index >= 15 is 0 Å². The Morgan fingerprint density at radius 3 is 2.64 bits per heavy atom. The summed E-state index contributed by atoms with van der Waals surface area (Å²) in [6.07, 6.45) is 0.579.